The van der Waals surface area contributed by atoms with Crippen LogP contribution in [0.25, 0.3) is 0 Å². The molecule has 0 saturated carbocycles. The van der Waals surface area contributed by atoms with Crippen molar-refractivity contribution in [1.82, 2.24) is 4.90 Å². The van der Waals surface area contributed by atoms with Gasteiger partial charge in [-0.25, -0.2) is 4.21 Å². The average molecular weight is 346 g/mol. The lowest BCUT2D eigenvalue weighted by Crippen LogP contribution is -2.38. The SMILES string of the molecule is COc1ccc(S(=O)Nc2ccccc2)c2c1CC(N(C)C)CO2. The maximum absolute atomic E-state index is 12.8. The number of anilines is 1. The molecule has 24 heavy (non-hydrogen) atoms. The number of likely N-dealkylation sites (N-methyl/N-ethyl adjacent to an activating group) is 1. The quantitative estimate of drug-likeness (QED) is 0.904. The number of para-hydroxylation sites is 1. The van der Waals surface area contributed by atoms with E-state index < -0.39 is 11.0 Å². The molecule has 0 radical (unpaired) electrons. The van der Waals surface area contributed by atoms with Crippen molar-refractivity contribution in [1.29, 1.82) is 0 Å². The molecule has 128 valence electrons. The van der Waals surface area contributed by atoms with Gasteiger partial charge in [0.1, 0.15) is 23.0 Å². The van der Waals surface area contributed by atoms with E-state index in [4.69, 9.17) is 9.47 Å². The van der Waals surface area contributed by atoms with Crippen LogP contribution in [0.3, 0.4) is 0 Å². The molecule has 1 heterocycles. The Hall–Kier alpha value is -2.05. The summed E-state index contributed by atoms with van der Waals surface area (Å²) in [4.78, 5) is 2.78. The highest BCUT2D eigenvalue weighted by molar-refractivity contribution is 7.86. The molecule has 3 rings (SSSR count). The lowest BCUT2D eigenvalue weighted by atomic mass is 10.0. The van der Waals surface area contributed by atoms with Crippen LogP contribution < -0.4 is 14.2 Å². The van der Waals surface area contributed by atoms with Gasteiger partial charge in [-0.05, 0) is 44.8 Å². The zero-order valence-corrected chi connectivity index (χ0v) is 14.9. The van der Waals surface area contributed by atoms with Crippen LogP contribution in [0, 0.1) is 0 Å². The van der Waals surface area contributed by atoms with E-state index >= 15 is 0 Å². The van der Waals surface area contributed by atoms with Crippen LogP contribution in [0.2, 0.25) is 0 Å². The Kier molecular flexibility index (Phi) is 5.06. The molecule has 5 nitrogen and oxygen atoms in total. The summed E-state index contributed by atoms with van der Waals surface area (Å²) in [5.41, 5.74) is 1.78. The van der Waals surface area contributed by atoms with Crippen LogP contribution in [-0.4, -0.2) is 43.0 Å². The summed E-state index contributed by atoms with van der Waals surface area (Å²) in [6.07, 6.45) is 0.807. The molecule has 2 atom stereocenters. The van der Waals surface area contributed by atoms with Crippen LogP contribution in [0.4, 0.5) is 5.69 Å². The van der Waals surface area contributed by atoms with Crippen LogP contribution in [-0.2, 0) is 17.4 Å². The van der Waals surface area contributed by atoms with E-state index in [1.54, 1.807) is 13.2 Å². The predicted octanol–water partition coefficient (Wildman–Crippen LogP) is 2.70. The van der Waals surface area contributed by atoms with Crippen molar-refractivity contribution in [3.05, 3.63) is 48.0 Å². The van der Waals surface area contributed by atoms with Gasteiger partial charge in [-0.2, -0.15) is 0 Å². The van der Waals surface area contributed by atoms with E-state index in [0.29, 0.717) is 17.3 Å². The lowest BCUT2D eigenvalue weighted by Gasteiger charge is -2.31. The van der Waals surface area contributed by atoms with Gasteiger partial charge >= 0.3 is 0 Å². The number of nitrogens with one attached hydrogen (secondary N) is 1. The summed E-state index contributed by atoms with van der Waals surface area (Å²) >= 11 is 0. The standard InChI is InChI=1S/C18H22N2O3S/c1-20(2)14-11-15-16(22-3)9-10-17(18(15)23-12-14)24(21)19-13-7-5-4-6-8-13/h4-10,14,19H,11-12H2,1-3H3. The monoisotopic (exact) mass is 346 g/mol. The minimum Gasteiger partial charge on any atom is -0.496 e. The molecule has 1 aliphatic rings. The Morgan fingerprint density at radius 1 is 1.21 bits per heavy atom. The van der Waals surface area contributed by atoms with Crippen LogP contribution in [0.15, 0.2) is 47.4 Å². The van der Waals surface area contributed by atoms with Gasteiger partial charge < -0.3 is 19.1 Å². The van der Waals surface area contributed by atoms with Gasteiger partial charge in [0.2, 0.25) is 0 Å². The second-order valence-corrected chi connectivity index (χ2v) is 7.12. The van der Waals surface area contributed by atoms with Crippen molar-refractivity contribution in [3.8, 4) is 11.5 Å². The molecular formula is C18H22N2O3S. The minimum absolute atomic E-state index is 0.275. The fourth-order valence-electron chi connectivity index (χ4n) is 2.75. The van der Waals surface area contributed by atoms with Crippen LogP contribution in [0.1, 0.15) is 5.56 Å². The summed E-state index contributed by atoms with van der Waals surface area (Å²) < 4.78 is 27.2. The maximum atomic E-state index is 12.8. The number of methoxy groups -OCH3 is 1. The van der Waals surface area contributed by atoms with Crippen LogP contribution in [0.5, 0.6) is 11.5 Å². The molecular weight excluding hydrogens is 324 g/mol. The third kappa shape index (κ3) is 3.39. The third-order valence-corrected chi connectivity index (χ3v) is 5.32. The fraction of sp³-hybridized carbons (Fsp3) is 0.333. The van der Waals surface area contributed by atoms with Crippen molar-refractivity contribution in [2.75, 3.05) is 32.5 Å². The molecule has 1 N–H and O–H groups in total. The normalized spacial score (nSPS) is 17.8. The summed E-state index contributed by atoms with van der Waals surface area (Å²) in [5.74, 6) is 1.45. The zero-order valence-electron chi connectivity index (χ0n) is 14.1. The summed E-state index contributed by atoms with van der Waals surface area (Å²) in [5, 5.41) is 0. The number of fused-ring (bicyclic) bond motifs is 1. The highest BCUT2D eigenvalue weighted by Gasteiger charge is 2.28. The minimum atomic E-state index is -1.40. The zero-order chi connectivity index (χ0) is 17.1. The van der Waals surface area contributed by atoms with Gasteiger partial charge in [-0.1, -0.05) is 18.2 Å². The van der Waals surface area contributed by atoms with Gasteiger partial charge in [-0.15, -0.1) is 0 Å². The number of hydrogen-bond donors (Lipinski definition) is 1. The number of nitrogens with zero attached hydrogens (tertiary/aromatic N) is 1. The highest BCUT2D eigenvalue weighted by atomic mass is 32.2. The Morgan fingerprint density at radius 3 is 2.62 bits per heavy atom. The fourth-order valence-corrected chi connectivity index (χ4v) is 3.75. The Balaban J connectivity index is 1.92. The van der Waals surface area contributed by atoms with E-state index in [9.17, 15) is 4.21 Å². The van der Waals surface area contributed by atoms with E-state index in [1.165, 1.54) is 0 Å². The highest BCUT2D eigenvalue weighted by Crippen LogP contribution is 2.38. The Morgan fingerprint density at radius 2 is 1.96 bits per heavy atom. The van der Waals surface area contributed by atoms with E-state index in [2.05, 4.69) is 9.62 Å². The Bertz CT molecular complexity index is 735. The second-order valence-electron chi connectivity index (χ2n) is 5.94. The number of benzene rings is 2. The van der Waals surface area contributed by atoms with Gasteiger partial charge in [0, 0.05) is 17.3 Å². The molecule has 2 aromatic rings. The maximum Gasteiger partial charge on any atom is 0.154 e. The molecule has 0 aliphatic carbocycles. The molecule has 0 bridgehead atoms. The van der Waals surface area contributed by atoms with Crippen LogP contribution >= 0.6 is 0 Å². The first kappa shape index (κ1) is 16.8. The van der Waals surface area contributed by atoms with Crippen molar-refractivity contribution < 1.29 is 13.7 Å². The smallest absolute Gasteiger partial charge is 0.154 e. The third-order valence-electron chi connectivity index (χ3n) is 4.18. The molecule has 6 heteroatoms. The molecule has 0 aromatic heterocycles. The number of hydrogen-bond acceptors (Lipinski definition) is 4. The number of ether oxygens (including phenoxy) is 2. The van der Waals surface area contributed by atoms with Crippen molar-refractivity contribution in [2.24, 2.45) is 0 Å². The largest absolute Gasteiger partial charge is 0.496 e. The first-order valence-corrected chi connectivity index (χ1v) is 8.97. The van der Waals surface area contributed by atoms with E-state index in [-0.39, 0.29) is 6.04 Å². The Labute approximate surface area is 145 Å². The van der Waals surface area contributed by atoms with Gasteiger partial charge in [0.15, 0.2) is 11.0 Å². The van der Waals surface area contributed by atoms with Crippen molar-refractivity contribution in [2.45, 2.75) is 17.4 Å². The lowest BCUT2D eigenvalue weighted by molar-refractivity contribution is 0.159. The van der Waals surface area contributed by atoms with E-state index in [1.807, 2.05) is 50.5 Å². The summed E-state index contributed by atoms with van der Waals surface area (Å²) in [7, 11) is 4.31. The number of rotatable bonds is 5. The molecule has 2 unspecified atom stereocenters. The molecule has 0 spiro atoms. The molecule has 0 saturated heterocycles. The molecule has 0 amide bonds. The summed E-state index contributed by atoms with van der Waals surface area (Å²) in [6, 6.07) is 13.4. The summed E-state index contributed by atoms with van der Waals surface area (Å²) in [6.45, 7) is 0.572. The first-order chi connectivity index (χ1) is 11.6. The van der Waals surface area contributed by atoms with E-state index in [0.717, 1.165) is 23.4 Å². The van der Waals surface area contributed by atoms with Gasteiger partial charge in [0.25, 0.3) is 0 Å². The topological polar surface area (TPSA) is 50.8 Å². The van der Waals surface area contributed by atoms with Gasteiger partial charge in [0.05, 0.1) is 7.11 Å². The first-order valence-electron chi connectivity index (χ1n) is 7.82. The molecule has 2 aromatic carbocycles. The van der Waals surface area contributed by atoms with Gasteiger partial charge in [-0.3, -0.25) is 0 Å². The van der Waals surface area contributed by atoms with Crippen molar-refractivity contribution in [3.63, 3.8) is 0 Å². The predicted molar refractivity (Wildman–Crippen MR) is 96.1 cm³/mol. The second kappa shape index (κ2) is 7.23. The molecule has 1 aliphatic heterocycles. The van der Waals surface area contributed by atoms with Crippen molar-refractivity contribution >= 4 is 16.7 Å². The average Bonchev–Trinajstić information content (AvgIpc) is 2.61. The molecule has 0 fully saturated rings.